The molecular weight excluding hydrogens is 452 g/mol. The van der Waals surface area contributed by atoms with Crippen molar-refractivity contribution in [3.63, 3.8) is 0 Å². The van der Waals surface area contributed by atoms with Crippen LogP contribution in [0.4, 0.5) is 0 Å². The maximum Gasteiger partial charge on any atom is 0.339 e. The van der Waals surface area contributed by atoms with Gasteiger partial charge in [0.05, 0.1) is 13.2 Å². The van der Waals surface area contributed by atoms with E-state index >= 15 is 0 Å². The van der Waals surface area contributed by atoms with E-state index in [1.807, 2.05) is 30.3 Å². The molecule has 5 nitrogen and oxygen atoms in total. The van der Waals surface area contributed by atoms with Gasteiger partial charge >= 0.3 is 5.97 Å². The summed E-state index contributed by atoms with van der Waals surface area (Å²) in [4.78, 5) is 11.7. The fraction of sp³-hybridized carbons (Fsp3) is 0.387. The quantitative estimate of drug-likeness (QED) is 0.226. The molecule has 192 valence electrons. The van der Waals surface area contributed by atoms with E-state index in [0.717, 1.165) is 61.3 Å². The number of aromatic carboxylic acids is 1. The Hall–Kier alpha value is -3.47. The molecule has 3 rings (SSSR count). The Morgan fingerprint density at radius 2 is 1.28 bits per heavy atom. The molecule has 0 aliphatic rings. The number of benzene rings is 3. The molecule has 36 heavy (non-hydrogen) atoms. The highest BCUT2D eigenvalue weighted by atomic mass is 16.5. The highest BCUT2D eigenvalue weighted by Crippen LogP contribution is 2.37. The zero-order valence-corrected chi connectivity index (χ0v) is 21.6. The summed E-state index contributed by atoms with van der Waals surface area (Å²) in [7, 11) is 0. The predicted molar refractivity (Wildman–Crippen MR) is 144 cm³/mol. The zero-order chi connectivity index (χ0) is 25.9. The molecule has 0 heterocycles. The van der Waals surface area contributed by atoms with E-state index in [1.165, 1.54) is 11.6 Å². The fourth-order valence-electron chi connectivity index (χ4n) is 4.25. The summed E-state index contributed by atoms with van der Waals surface area (Å²) >= 11 is 0. The van der Waals surface area contributed by atoms with Gasteiger partial charge in [-0.1, -0.05) is 63.9 Å². The molecule has 0 spiro atoms. The first-order valence-electron chi connectivity index (χ1n) is 12.9. The van der Waals surface area contributed by atoms with Crippen LogP contribution < -0.4 is 9.47 Å². The minimum atomic E-state index is -1.14. The Bertz CT molecular complexity index is 1090. The molecular formula is C31H38O5. The summed E-state index contributed by atoms with van der Waals surface area (Å²) in [6, 6.07) is 21.2. The molecule has 2 atom stereocenters. The molecule has 3 aromatic rings. The number of hydrogen-bond donors (Lipinski definition) is 2. The van der Waals surface area contributed by atoms with Crippen molar-refractivity contribution < 1.29 is 24.5 Å². The lowest BCUT2D eigenvalue weighted by atomic mass is 9.81. The summed E-state index contributed by atoms with van der Waals surface area (Å²) in [5.41, 5.74) is 3.04. The van der Waals surface area contributed by atoms with Gasteiger partial charge in [0, 0.05) is 5.92 Å². The number of carboxylic acids is 1. The smallest absolute Gasteiger partial charge is 0.339 e. The standard InChI is InChI=1S/C31H38O5/c1-4-6-18-35-26-13-8-23(9-14-26)22(3)20-28(25-12-17-30(32)29(21-25)31(33)34)24-10-15-27(16-11-24)36-19-7-5-2/h8-17,21-22,28,32H,4-7,18-20H2,1-3H3,(H,33,34). The van der Waals surface area contributed by atoms with Crippen molar-refractivity contribution in [2.24, 2.45) is 0 Å². The van der Waals surface area contributed by atoms with Crippen LogP contribution in [0.3, 0.4) is 0 Å². The third kappa shape index (κ3) is 7.51. The van der Waals surface area contributed by atoms with Crippen molar-refractivity contribution in [3.8, 4) is 17.2 Å². The summed E-state index contributed by atoms with van der Waals surface area (Å²) in [6.45, 7) is 7.87. The first-order valence-corrected chi connectivity index (χ1v) is 12.9. The monoisotopic (exact) mass is 490 g/mol. The summed E-state index contributed by atoms with van der Waals surface area (Å²) < 4.78 is 11.6. The van der Waals surface area contributed by atoms with E-state index < -0.39 is 5.97 Å². The van der Waals surface area contributed by atoms with E-state index in [0.29, 0.717) is 6.61 Å². The van der Waals surface area contributed by atoms with E-state index in [-0.39, 0.29) is 23.1 Å². The van der Waals surface area contributed by atoms with Crippen LogP contribution in [0.15, 0.2) is 66.7 Å². The van der Waals surface area contributed by atoms with Gasteiger partial charge in [-0.15, -0.1) is 0 Å². The maximum absolute atomic E-state index is 11.7. The van der Waals surface area contributed by atoms with Crippen LogP contribution in [-0.4, -0.2) is 29.4 Å². The van der Waals surface area contributed by atoms with Gasteiger partial charge in [0.25, 0.3) is 0 Å². The molecule has 5 heteroatoms. The number of carboxylic acid groups (broad SMARTS) is 1. The highest BCUT2D eigenvalue weighted by molar-refractivity contribution is 5.91. The SMILES string of the molecule is CCCCOc1ccc(C(C)CC(c2ccc(OCCCC)cc2)c2ccc(O)c(C(=O)O)c2)cc1. The van der Waals surface area contributed by atoms with Crippen molar-refractivity contribution in [2.45, 2.75) is 64.7 Å². The number of aromatic hydroxyl groups is 1. The van der Waals surface area contributed by atoms with Crippen LogP contribution in [0.1, 0.15) is 91.8 Å². The topological polar surface area (TPSA) is 76.0 Å². The van der Waals surface area contributed by atoms with Gasteiger partial charge in [-0.3, -0.25) is 0 Å². The van der Waals surface area contributed by atoms with Crippen molar-refractivity contribution >= 4 is 5.97 Å². The van der Waals surface area contributed by atoms with E-state index in [2.05, 4.69) is 45.0 Å². The molecule has 0 aliphatic carbocycles. The normalized spacial score (nSPS) is 12.6. The lowest BCUT2D eigenvalue weighted by Crippen LogP contribution is -2.08. The van der Waals surface area contributed by atoms with Crippen LogP contribution in [0.5, 0.6) is 17.2 Å². The lowest BCUT2D eigenvalue weighted by molar-refractivity contribution is 0.0693. The number of phenols is 1. The van der Waals surface area contributed by atoms with Gasteiger partial charge < -0.3 is 19.7 Å². The minimum Gasteiger partial charge on any atom is -0.507 e. The average Bonchev–Trinajstić information content (AvgIpc) is 2.88. The molecule has 0 radical (unpaired) electrons. The van der Waals surface area contributed by atoms with Gasteiger partial charge in [0.15, 0.2) is 0 Å². The molecule has 0 aliphatic heterocycles. The Morgan fingerprint density at radius 3 is 1.78 bits per heavy atom. The van der Waals surface area contributed by atoms with Crippen molar-refractivity contribution in [3.05, 3.63) is 89.0 Å². The Balaban J connectivity index is 1.85. The zero-order valence-electron chi connectivity index (χ0n) is 21.6. The Labute approximate surface area is 214 Å². The molecule has 0 saturated carbocycles. The molecule has 0 bridgehead atoms. The van der Waals surface area contributed by atoms with Crippen molar-refractivity contribution in [1.82, 2.24) is 0 Å². The first-order chi connectivity index (χ1) is 17.4. The fourth-order valence-corrected chi connectivity index (χ4v) is 4.25. The van der Waals surface area contributed by atoms with Crippen LogP contribution >= 0.6 is 0 Å². The Morgan fingerprint density at radius 1 is 0.778 bits per heavy atom. The second-order valence-corrected chi connectivity index (χ2v) is 9.31. The lowest BCUT2D eigenvalue weighted by Gasteiger charge is -2.23. The van der Waals surface area contributed by atoms with Crippen LogP contribution in [-0.2, 0) is 0 Å². The highest BCUT2D eigenvalue weighted by Gasteiger charge is 2.21. The number of rotatable bonds is 14. The first kappa shape index (κ1) is 27.1. The molecule has 0 aromatic heterocycles. The van der Waals surface area contributed by atoms with Gasteiger partial charge in [0.2, 0.25) is 0 Å². The van der Waals surface area contributed by atoms with Crippen molar-refractivity contribution in [2.75, 3.05) is 13.2 Å². The summed E-state index contributed by atoms with van der Waals surface area (Å²) in [6.07, 6.45) is 5.00. The molecule has 2 unspecified atom stereocenters. The predicted octanol–water partition coefficient (Wildman–Crippen LogP) is 7.77. The second-order valence-electron chi connectivity index (χ2n) is 9.31. The maximum atomic E-state index is 11.7. The van der Waals surface area contributed by atoms with Gasteiger partial charge in [-0.25, -0.2) is 4.79 Å². The average molecular weight is 491 g/mol. The van der Waals surface area contributed by atoms with Gasteiger partial charge in [-0.2, -0.15) is 0 Å². The van der Waals surface area contributed by atoms with Gasteiger partial charge in [-0.05, 0) is 78.3 Å². The summed E-state index contributed by atoms with van der Waals surface area (Å²) in [5, 5.41) is 19.6. The van der Waals surface area contributed by atoms with Crippen LogP contribution in [0, 0.1) is 0 Å². The second kappa shape index (κ2) is 13.6. The number of carbonyl (C=O) groups is 1. The molecule has 3 aromatic carbocycles. The minimum absolute atomic E-state index is 0.0520. The molecule has 0 amide bonds. The molecule has 0 fully saturated rings. The summed E-state index contributed by atoms with van der Waals surface area (Å²) in [5.74, 6) is 0.496. The molecule has 2 N–H and O–H groups in total. The van der Waals surface area contributed by atoms with Crippen molar-refractivity contribution in [1.29, 1.82) is 0 Å². The van der Waals surface area contributed by atoms with E-state index in [9.17, 15) is 15.0 Å². The number of hydrogen-bond acceptors (Lipinski definition) is 4. The number of unbranched alkanes of at least 4 members (excludes halogenated alkanes) is 2. The van der Waals surface area contributed by atoms with E-state index in [4.69, 9.17) is 9.47 Å². The third-order valence-corrected chi connectivity index (χ3v) is 6.51. The Kier molecular flexibility index (Phi) is 10.2. The molecule has 0 saturated heterocycles. The largest absolute Gasteiger partial charge is 0.507 e. The van der Waals surface area contributed by atoms with Crippen LogP contribution in [0.2, 0.25) is 0 Å². The van der Waals surface area contributed by atoms with E-state index in [1.54, 1.807) is 6.07 Å². The van der Waals surface area contributed by atoms with Gasteiger partial charge in [0.1, 0.15) is 22.8 Å². The third-order valence-electron chi connectivity index (χ3n) is 6.51. The van der Waals surface area contributed by atoms with Crippen LogP contribution in [0.25, 0.3) is 0 Å². The number of ether oxygens (including phenoxy) is 2.